The Labute approximate surface area is 165 Å². The zero-order valence-corrected chi connectivity index (χ0v) is 15.6. The van der Waals surface area contributed by atoms with E-state index in [2.05, 4.69) is 10.6 Å². The summed E-state index contributed by atoms with van der Waals surface area (Å²) in [5.74, 6) is -0.268. The van der Waals surface area contributed by atoms with Crippen LogP contribution in [0.25, 0.3) is 0 Å². The minimum absolute atomic E-state index is 0.142. The molecule has 8 heteroatoms. The normalized spacial score (nSPS) is 10.3. The van der Waals surface area contributed by atoms with Gasteiger partial charge in [0.05, 0.1) is 35.3 Å². The smallest absolute Gasteiger partial charge is 0.291 e. The fraction of sp³-hybridized carbons (Fsp3) is 0.0526. The Kier molecular flexibility index (Phi) is 5.69. The van der Waals surface area contributed by atoms with Gasteiger partial charge >= 0.3 is 0 Å². The molecule has 138 valence electrons. The zero-order chi connectivity index (χ0) is 19.4. The van der Waals surface area contributed by atoms with Gasteiger partial charge in [0.15, 0.2) is 5.76 Å². The highest BCUT2D eigenvalue weighted by Crippen LogP contribution is 2.29. The van der Waals surface area contributed by atoms with Crippen LogP contribution in [0.15, 0.2) is 59.2 Å². The van der Waals surface area contributed by atoms with Crippen molar-refractivity contribution in [2.24, 2.45) is 0 Å². The van der Waals surface area contributed by atoms with E-state index < -0.39 is 11.8 Å². The number of nitrogens with one attached hydrogen (secondary N) is 2. The summed E-state index contributed by atoms with van der Waals surface area (Å²) in [5.41, 5.74) is 0.952. The lowest BCUT2D eigenvalue weighted by atomic mass is 10.2. The minimum Gasteiger partial charge on any atom is -0.497 e. The number of benzene rings is 2. The van der Waals surface area contributed by atoms with Crippen molar-refractivity contribution in [3.05, 3.63) is 76.2 Å². The average Bonchev–Trinajstić information content (AvgIpc) is 3.17. The number of carbonyl (C=O) groups is 2. The molecule has 0 radical (unpaired) electrons. The largest absolute Gasteiger partial charge is 0.497 e. The van der Waals surface area contributed by atoms with Gasteiger partial charge in [-0.1, -0.05) is 23.2 Å². The van der Waals surface area contributed by atoms with Crippen LogP contribution >= 0.6 is 23.2 Å². The highest BCUT2D eigenvalue weighted by atomic mass is 35.5. The molecule has 0 saturated heterocycles. The molecule has 3 rings (SSSR count). The van der Waals surface area contributed by atoms with Gasteiger partial charge in [0, 0.05) is 11.1 Å². The number of halogens is 2. The molecule has 2 amide bonds. The summed E-state index contributed by atoms with van der Waals surface area (Å²) in [4.78, 5) is 24.8. The molecule has 1 heterocycles. The number of anilines is 2. The molecule has 2 N–H and O–H groups in total. The van der Waals surface area contributed by atoms with E-state index in [9.17, 15) is 9.59 Å². The van der Waals surface area contributed by atoms with E-state index in [1.807, 2.05) is 0 Å². The van der Waals surface area contributed by atoms with Crippen LogP contribution in [-0.2, 0) is 0 Å². The molecular formula is C19H14Cl2N2O4. The second-order valence-electron chi connectivity index (χ2n) is 5.42. The van der Waals surface area contributed by atoms with E-state index in [-0.39, 0.29) is 16.3 Å². The summed E-state index contributed by atoms with van der Waals surface area (Å²) in [6, 6.07) is 12.5. The topological polar surface area (TPSA) is 80.6 Å². The summed E-state index contributed by atoms with van der Waals surface area (Å²) in [5, 5.41) is 6.04. The number of hydrogen-bond acceptors (Lipinski definition) is 4. The predicted molar refractivity (Wildman–Crippen MR) is 104 cm³/mol. The van der Waals surface area contributed by atoms with Gasteiger partial charge in [-0.25, -0.2) is 0 Å². The van der Waals surface area contributed by atoms with Crippen molar-refractivity contribution < 1.29 is 18.7 Å². The first-order valence-electron chi connectivity index (χ1n) is 7.77. The fourth-order valence-corrected chi connectivity index (χ4v) is 2.81. The van der Waals surface area contributed by atoms with Gasteiger partial charge in [0.2, 0.25) is 0 Å². The summed E-state index contributed by atoms with van der Waals surface area (Å²) >= 11 is 12.0. The van der Waals surface area contributed by atoms with Crippen LogP contribution in [0.1, 0.15) is 20.9 Å². The Morgan fingerprint density at radius 3 is 2.41 bits per heavy atom. The van der Waals surface area contributed by atoms with Gasteiger partial charge in [-0.05, 0) is 42.5 Å². The highest BCUT2D eigenvalue weighted by Gasteiger charge is 2.16. The summed E-state index contributed by atoms with van der Waals surface area (Å²) in [6.07, 6.45) is 1.40. The van der Waals surface area contributed by atoms with Gasteiger partial charge in [-0.2, -0.15) is 0 Å². The number of hydrogen-bond donors (Lipinski definition) is 2. The van der Waals surface area contributed by atoms with Crippen molar-refractivity contribution in [3.8, 4) is 5.75 Å². The molecule has 3 aromatic rings. The molecule has 0 saturated carbocycles. The molecule has 1 aromatic heterocycles. The van der Waals surface area contributed by atoms with Gasteiger partial charge in [0.25, 0.3) is 11.8 Å². The van der Waals surface area contributed by atoms with E-state index >= 15 is 0 Å². The predicted octanol–water partition coefficient (Wildman–Crippen LogP) is 5.10. The van der Waals surface area contributed by atoms with Gasteiger partial charge in [-0.3, -0.25) is 9.59 Å². The summed E-state index contributed by atoms with van der Waals surface area (Å²) in [6.45, 7) is 0. The fourth-order valence-electron chi connectivity index (χ4n) is 2.32. The molecule has 0 aliphatic carbocycles. The monoisotopic (exact) mass is 404 g/mol. The molecule has 27 heavy (non-hydrogen) atoms. The molecule has 0 bridgehead atoms. The standard InChI is InChI=1S/C19H14Cl2N2O4/c1-26-12-5-7-15(22-19(25)17-3-2-8-27-17)16(10-12)23-18(24)13-6-4-11(20)9-14(13)21/h2-10H,1H3,(H,22,25)(H,23,24). The first-order chi connectivity index (χ1) is 13.0. The quantitative estimate of drug-likeness (QED) is 0.619. The van der Waals surface area contributed by atoms with Crippen molar-refractivity contribution in [3.63, 3.8) is 0 Å². The maximum absolute atomic E-state index is 12.6. The van der Waals surface area contributed by atoms with Crippen molar-refractivity contribution in [2.75, 3.05) is 17.7 Å². The van der Waals surface area contributed by atoms with E-state index in [0.29, 0.717) is 22.1 Å². The van der Waals surface area contributed by atoms with E-state index in [0.717, 1.165) is 0 Å². The minimum atomic E-state index is -0.460. The van der Waals surface area contributed by atoms with E-state index in [1.165, 1.54) is 31.6 Å². The van der Waals surface area contributed by atoms with Crippen LogP contribution in [0.4, 0.5) is 11.4 Å². The van der Waals surface area contributed by atoms with Crippen LogP contribution in [0.2, 0.25) is 10.0 Å². The third-order valence-electron chi connectivity index (χ3n) is 3.64. The maximum Gasteiger partial charge on any atom is 0.291 e. The number of rotatable bonds is 5. The first-order valence-corrected chi connectivity index (χ1v) is 8.53. The highest BCUT2D eigenvalue weighted by molar-refractivity contribution is 6.37. The Balaban J connectivity index is 1.88. The van der Waals surface area contributed by atoms with Gasteiger partial charge in [-0.15, -0.1) is 0 Å². The molecule has 6 nitrogen and oxygen atoms in total. The van der Waals surface area contributed by atoms with Gasteiger partial charge < -0.3 is 19.8 Å². The SMILES string of the molecule is COc1ccc(NC(=O)c2ccco2)c(NC(=O)c2ccc(Cl)cc2Cl)c1. The maximum atomic E-state index is 12.6. The second kappa shape index (κ2) is 8.16. The lowest BCUT2D eigenvalue weighted by molar-refractivity contribution is 0.0993. The van der Waals surface area contributed by atoms with Crippen molar-refractivity contribution in [1.82, 2.24) is 0 Å². The van der Waals surface area contributed by atoms with Crippen LogP contribution < -0.4 is 15.4 Å². The number of amides is 2. The van der Waals surface area contributed by atoms with Crippen molar-refractivity contribution in [1.29, 1.82) is 0 Å². The zero-order valence-electron chi connectivity index (χ0n) is 14.1. The lowest BCUT2D eigenvalue weighted by Crippen LogP contribution is -2.17. The third-order valence-corrected chi connectivity index (χ3v) is 4.19. The molecule has 2 aromatic carbocycles. The molecule has 0 spiro atoms. The summed E-state index contributed by atoms with van der Waals surface area (Å²) in [7, 11) is 1.50. The van der Waals surface area contributed by atoms with Crippen molar-refractivity contribution in [2.45, 2.75) is 0 Å². The van der Waals surface area contributed by atoms with Crippen LogP contribution in [0.5, 0.6) is 5.75 Å². The number of carbonyl (C=O) groups excluding carboxylic acids is 2. The number of furan rings is 1. The Bertz CT molecular complexity index is 987. The second-order valence-corrected chi connectivity index (χ2v) is 6.26. The van der Waals surface area contributed by atoms with Gasteiger partial charge in [0.1, 0.15) is 5.75 Å². The first kappa shape index (κ1) is 18.8. The molecule has 0 unspecified atom stereocenters. The summed E-state index contributed by atoms with van der Waals surface area (Å²) < 4.78 is 10.3. The number of ether oxygens (including phenoxy) is 1. The molecule has 0 atom stereocenters. The molecule has 0 aliphatic rings. The van der Waals surface area contributed by atoms with Crippen molar-refractivity contribution >= 4 is 46.4 Å². The average molecular weight is 405 g/mol. The molecular weight excluding hydrogens is 391 g/mol. The lowest BCUT2D eigenvalue weighted by Gasteiger charge is -2.14. The van der Waals surface area contributed by atoms with Crippen LogP contribution in [-0.4, -0.2) is 18.9 Å². The Morgan fingerprint density at radius 1 is 0.963 bits per heavy atom. The third kappa shape index (κ3) is 4.42. The molecule has 0 aliphatic heterocycles. The van der Waals surface area contributed by atoms with E-state index in [1.54, 1.807) is 30.3 Å². The number of methoxy groups -OCH3 is 1. The van der Waals surface area contributed by atoms with Crippen LogP contribution in [0.3, 0.4) is 0 Å². The Hall–Kier alpha value is -2.96. The Morgan fingerprint density at radius 2 is 1.74 bits per heavy atom. The van der Waals surface area contributed by atoms with E-state index in [4.69, 9.17) is 32.4 Å². The van der Waals surface area contributed by atoms with Crippen LogP contribution in [0, 0.1) is 0 Å². The molecule has 0 fully saturated rings.